The van der Waals surface area contributed by atoms with Crippen molar-refractivity contribution in [2.75, 3.05) is 5.75 Å². The van der Waals surface area contributed by atoms with Crippen LogP contribution in [0.3, 0.4) is 0 Å². The van der Waals surface area contributed by atoms with Crippen molar-refractivity contribution < 1.29 is 22.9 Å². The van der Waals surface area contributed by atoms with Crippen molar-refractivity contribution in [3.63, 3.8) is 0 Å². The Labute approximate surface area is 318 Å². The molecule has 304 valence electrons. The Kier molecular flexibility index (Phi) is 38.1. The predicted octanol–water partition coefficient (Wildman–Crippen LogP) is 13.4. The lowest BCUT2D eigenvalue weighted by atomic mass is 10.0. The minimum atomic E-state index is -4.34. The minimum Gasteiger partial charge on any atom is -0.387 e. The van der Waals surface area contributed by atoms with Gasteiger partial charge in [-0.25, -0.2) is 0 Å². The number of carbonyl (C=O) groups excluding carboxylic acids is 1. The Bertz CT molecular complexity index is 862. The van der Waals surface area contributed by atoms with E-state index in [2.05, 4.69) is 19.2 Å². The van der Waals surface area contributed by atoms with Gasteiger partial charge in [0, 0.05) is 6.42 Å². The molecule has 7 heteroatoms. The summed E-state index contributed by atoms with van der Waals surface area (Å²) in [6.45, 7) is 4.54. The fourth-order valence-electron chi connectivity index (χ4n) is 7.10. The lowest BCUT2D eigenvalue weighted by Gasteiger charge is -2.21. The molecule has 2 unspecified atom stereocenters. The molecule has 0 aromatic rings. The van der Waals surface area contributed by atoms with E-state index in [-0.39, 0.29) is 5.91 Å². The van der Waals surface area contributed by atoms with Gasteiger partial charge in [0.2, 0.25) is 5.91 Å². The molecule has 0 aliphatic heterocycles. The van der Waals surface area contributed by atoms with Gasteiger partial charge in [-0.2, -0.15) is 8.42 Å². The number of nitrogens with one attached hydrogen (secondary N) is 1. The molecule has 3 N–H and O–H groups in total. The molecule has 0 saturated carbocycles. The number of aliphatic hydroxyl groups excluding tert-OH is 1. The van der Waals surface area contributed by atoms with E-state index in [9.17, 15) is 22.9 Å². The summed E-state index contributed by atoms with van der Waals surface area (Å²) in [5.74, 6) is -0.965. The van der Waals surface area contributed by atoms with E-state index in [1.807, 2.05) is 6.08 Å². The molecule has 0 rings (SSSR count). The molecule has 2 atom stereocenters. The maximum atomic E-state index is 12.5. The third-order valence-corrected chi connectivity index (χ3v) is 11.2. The van der Waals surface area contributed by atoms with Crippen LogP contribution in [0, 0.1) is 0 Å². The molecule has 0 radical (unpaired) electrons. The Morgan fingerprint density at radius 1 is 0.510 bits per heavy atom. The summed E-state index contributed by atoms with van der Waals surface area (Å²) in [6, 6.07) is -1.05. The van der Waals surface area contributed by atoms with Gasteiger partial charge in [0.05, 0.1) is 17.9 Å². The fraction of sp³-hybridized carbons (Fsp3) is 0.932. The highest BCUT2D eigenvalue weighted by molar-refractivity contribution is 7.85. The van der Waals surface area contributed by atoms with Crippen molar-refractivity contribution in [3.05, 3.63) is 12.2 Å². The van der Waals surface area contributed by atoms with Crippen LogP contribution in [0.2, 0.25) is 0 Å². The van der Waals surface area contributed by atoms with Crippen LogP contribution in [-0.4, -0.2) is 41.9 Å². The van der Waals surface area contributed by atoms with Gasteiger partial charge in [-0.3, -0.25) is 9.35 Å². The van der Waals surface area contributed by atoms with Gasteiger partial charge in [-0.1, -0.05) is 231 Å². The zero-order valence-corrected chi connectivity index (χ0v) is 34.8. The highest BCUT2D eigenvalue weighted by Gasteiger charge is 2.24. The predicted molar refractivity (Wildman–Crippen MR) is 221 cm³/mol. The van der Waals surface area contributed by atoms with Crippen molar-refractivity contribution in [1.82, 2.24) is 5.32 Å². The maximum absolute atomic E-state index is 12.5. The average molecular weight is 742 g/mol. The van der Waals surface area contributed by atoms with Crippen molar-refractivity contribution in [2.45, 2.75) is 257 Å². The average Bonchev–Trinajstić information content (AvgIpc) is 3.09. The lowest BCUT2D eigenvalue weighted by Crippen LogP contribution is -2.46. The van der Waals surface area contributed by atoms with E-state index in [0.29, 0.717) is 6.42 Å². The first kappa shape index (κ1) is 50.1. The smallest absolute Gasteiger partial charge is 0.267 e. The second kappa shape index (κ2) is 38.8. The van der Waals surface area contributed by atoms with E-state index in [4.69, 9.17) is 0 Å². The van der Waals surface area contributed by atoms with Crippen molar-refractivity contribution in [1.29, 1.82) is 0 Å². The first-order valence-electron chi connectivity index (χ1n) is 22.4. The first-order chi connectivity index (χ1) is 24.8. The van der Waals surface area contributed by atoms with Gasteiger partial charge < -0.3 is 10.4 Å². The number of hydrogen-bond donors (Lipinski definition) is 3. The number of rotatable bonds is 41. The van der Waals surface area contributed by atoms with E-state index in [1.165, 1.54) is 186 Å². The Morgan fingerprint density at radius 2 is 0.804 bits per heavy atom. The number of hydrogen-bond acceptors (Lipinski definition) is 4. The number of carbonyl (C=O) groups is 1. The Balaban J connectivity index is 3.79. The Morgan fingerprint density at radius 3 is 1.12 bits per heavy atom. The second-order valence-corrected chi connectivity index (χ2v) is 17.2. The van der Waals surface area contributed by atoms with Crippen molar-refractivity contribution in [2.24, 2.45) is 0 Å². The van der Waals surface area contributed by atoms with Crippen LogP contribution < -0.4 is 5.32 Å². The van der Waals surface area contributed by atoms with Crippen molar-refractivity contribution in [3.8, 4) is 0 Å². The number of aliphatic hydroxyl groups is 1. The summed E-state index contributed by atoms with van der Waals surface area (Å²) in [5.41, 5.74) is 0. The van der Waals surface area contributed by atoms with Crippen LogP contribution in [0.4, 0.5) is 0 Å². The molecule has 0 spiro atoms. The van der Waals surface area contributed by atoms with Crippen LogP contribution in [0.15, 0.2) is 12.2 Å². The summed E-state index contributed by atoms with van der Waals surface area (Å²) in [6.07, 6.45) is 47.8. The monoisotopic (exact) mass is 742 g/mol. The molecule has 1 amide bonds. The summed E-state index contributed by atoms with van der Waals surface area (Å²) < 4.78 is 32.5. The van der Waals surface area contributed by atoms with Crippen molar-refractivity contribution >= 4 is 16.0 Å². The standard InChI is InChI=1S/C44H87NO5S/c1-3-5-7-9-11-13-15-17-19-20-21-22-23-24-25-26-28-30-32-34-36-38-40-44(47)45-42(41-51(48,49)50)43(46)39-37-35-33-31-29-27-18-16-14-12-10-8-6-4-2/h37,39,42-43,46H,3-36,38,40-41H2,1-2H3,(H,45,47)(H,48,49,50)/b39-37+. The summed E-state index contributed by atoms with van der Waals surface area (Å²) >= 11 is 0. The normalized spacial score (nSPS) is 13.3. The topological polar surface area (TPSA) is 104 Å². The van der Waals surface area contributed by atoms with E-state index in [1.54, 1.807) is 6.08 Å². The summed E-state index contributed by atoms with van der Waals surface area (Å²) in [4.78, 5) is 12.5. The SMILES string of the molecule is CCCCCCCCCCCCCC/C=C/C(O)C(CS(=O)(=O)O)NC(=O)CCCCCCCCCCCCCCCCCCCCCCCC. The number of amides is 1. The zero-order chi connectivity index (χ0) is 37.5. The molecule has 0 bridgehead atoms. The van der Waals surface area contributed by atoms with E-state index in [0.717, 1.165) is 38.5 Å². The summed E-state index contributed by atoms with van der Waals surface area (Å²) in [7, 11) is -4.34. The highest BCUT2D eigenvalue weighted by atomic mass is 32.2. The molecular formula is C44H87NO5S. The van der Waals surface area contributed by atoms with E-state index < -0.39 is 28.0 Å². The highest BCUT2D eigenvalue weighted by Crippen LogP contribution is 2.16. The molecule has 0 aromatic carbocycles. The van der Waals surface area contributed by atoms with Gasteiger partial charge in [0.25, 0.3) is 10.1 Å². The maximum Gasteiger partial charge on any atom is 0.267 e. The molecule has 0 fully saturated rings. The van der Waals surface area contributed by atoms with E-state index >= 15 is 0 Å². The molecule has 6 nitrogen and oxygen atoms in total. The third kappa shape index (κ3) is 40.1. The van der Waals surface area contributed by atoms with Crippen LogP contribution in [-0.2, 0) is 14.9 Å². The molecule has 51 heavy (non-hydrogen) atoms. The minimum absolute atomic E-state index is 0.273. The van der Waals surface area contributed by atoms with Gasteiger partial charge in [0.15, 0.2) is 0 Å². The molecule has 0 aliphatic rings. The fourth-order valence-corrected chi connectivity index (χ4v) is 7.83. The van der Waals surface area contributed by atoms with Gasteiger partial charge in [-0.05, 0) is 19.3 Å². The largest absolute Gasteiger partial charge is 0.387 e. The number of allylic oxidation sites excluding steroid dienone is 1. The van der Waals surface area contributed by atoms with Crippen LogP contribution >= 0.6 is 0 Å². The zero-order valence-electron chi connectivity index (χ0n) is 34.0. The van der Waals surface area contributed by atoms with Crippen LogP contribution in [0.5, 0.6) is 0 Å². The molecule has 0 saturated heterocycles. The second-order valence-electron chi connectivity index (χ2n) is 15.7. The first-order valence-corrected chi connectivity index (χ1v) is 24.0. The van der Waals surface area contributed by atoms with Crippen LogP contribution in [0.25, 0.3) is 0 Å². The Hall–Kier alpha value is -0.920. The van der Waals surface area contributed by atoms with Gasteiger partial charge in [0.1, 0.15) is 0 Å². The van der Waals surface area contributed by atoms with Gasteiger partial charge >= 0.3 is 0 Å². The quantitative estimate of drug-likeness (QED) is 0.0329. The molecular weight excluding hydrogens is 655 g/mol. The van der Waals surface area contributed by atoms with Gasteiger partial charge in [-0.15, -0.1) is 0 Å². The molecule has 0 aliphatic carbocycles. The number of unbranched alkanes of at least 4 members (excludes halogenated alkanes) is 33. The van der Waals surface area contributed by atoms with Crippen LogP contribution in [0.1, 0.15) is 245 Å². The molecule has 0 heterocycles. The molecule has 0 aromatic heterocycles. The lowest BCUT2D eigenvalue weighted by molar-refractivity contribution is -0.122. The third-order valence-electron chi connectivity index (χ3n) is 10.5. The summed E-state index contributed by atoms with van der Waals surface area (Å²) in [5, 5.41) is 13.2.